The zero-order chi connectivity index (χ0) is 12.8. The van der Waals surface area contributed by atoms with Crippen LogP contribution in [0.15, 0.2) is 12.4 Å². The normalized spacial score (nSPS) is 12.9. The van der Waals surface area contributed by atoms with Crippen LogP contribution in [0.25, 0.3) is 0 Å². The van der Waals surface area contributed by atoms with Gasteiger partial charge in [-0.3, -0.25) is 0 Å². The molecule has 0 spiro atoms. The molecular formula is C10H18N4O3. The number of nitrogens with zero attached hydrogens (tertiary/aromatic N) is 4. The van der Waals surface area contributed by atoms with Gasteiger partial charge in [-0.1, -0.05) is 18.8 Å². The summed E-state index contributed by atoms with van der Waals surface area (Å²) < 4.78 is 1.36. The van der Waals surface area contributed by atoms with Crippen molar-refractivity contribution in [2.45, 2.75) is 26.5 Å². The van der Waals surface area contributed by atoms with E-state index < -0.39 is 11.0 Å². The Balaban J connectivity index is 2.58. The molecule has 96 valence electrons. The zero-order valence-electron chi connectivity index (χ0n) is 10.1. The van der Waals surface area contributed by atoms with Crippen molar-refractivity contribution in [3.63, 3.8) is 0 Å². The van der Waals surface area contributed by atoms with Gasteiger partial charge in [-0.15, -0.1) is 0 Å². The second kappa shape index (κ2) is 6.31. The molecule has 0 saturated carbocycles. The molecule has 0 bridgehead atoms. The average Bonchev–Trinajstić information content (AvgIpc) is 2.74. The molecule has 17 heavy (non-hydrogen) atoms. The summed E-state index contributed by atoms with van der Waals surface area (Å²) in [6.45, 7) is 6.40. The van der Waals surface area contributed by atoms with Crippen molar-refractivity contribution >= 4 is 5.95 Å². The summed E-state index contributed by atoms with van der Waals surface area (Å²) in [6.07, 6.45) is 2.23. The van der Waals surface area contributed by atoms with Crippen molar-refractivity contribution in [2.24, 2.45) is 0 Å². The molecular weight excluding hydrogens is 224 g/mol. The summed E-state index contributed by atoms with van der Waals surface area (Å²) in [5, 5.41) is 20.5. The van der Waals surface area contributed by atoms with E-state index in [1.807, 2.05) is 13.8 Å². The predicted molar refractivity (Wildman–Crippen MR) is 62.7 cm³/mol. The van der Waals surface area contributed by atoms with E-state index in [2.05, 4.69) is 9.88 Å². The number of aliphatic hydroxyl groups is 1. The number of hydrogen-bond acceptors (Lipinski definition) is 5. The van der Waals surface area contributed by atoms with Gasteiger partial charge in [-0.05, 0) is 18.0 Å². The quantitative estimate of drug-likeness (QED) is 0.555. The van der Waals surface area contributed by atoms with Crippen LogP contribution in [0.1, 0.15) is 13.8 Å². The molecule has 7 nitrogen and oxygen atoms in total. The Hall–Kier alpha value is -1.47. The Morgan fingerprint density at radius 3 is 2.76 bits per heavy atom. The van der Waals surface area contributed by atoms with E-state index in [1.165, 1.54) is 17.0 Å². The number of likely N-dealkylation sites (N-methyl/N-ethyl adjacent to an activating group) is 1. The third kappa shape index (κ3) is 3.79. The standard InChI is InChI=1S/C10H18N4O3/c1-3-12(4-2)7-9(15)8-13-6-5-11-10(13)14(16)17/h5-6,9,15H,3-4,7-8H2,1-2H3. The molecule has 0 radical (unpaired) electrons. The predicted octanol–water partition coefficient (Wildman–Crippen LogP) is 0.494. The van der Waals surface area contributed by atoms with Crippen LogP contribution in [0.3, 0.4) is 0 Å². The molecule has 0 aliphatic carbocycles. The van der Waals surface area contributed by atoms with Gasteiger partial charge in [0.2, 0.25) is 0 Å². The highest BCUT2D eigenvalue weighted by Gasteiger charge is 2.18. The Kier molecular flexibility index (Phi) is 5.05. The van der Waals surface area contributed by atoms with Gasteiger partial charge in [0, 0.05) is 6.54 Å². The van der Waals surface area contributed by atoms with Crippen LogP contribution in [0.2, 0.25) is 0 Å². The Labute approximate surface area is 99.8 Å². The lowest BCUT2D eigenvalue weighted by molar-refractivity contribution is -0.397. The first-order valence-electron chi connectivity index (χ1n) is 5.64. The van der Waals surface area contributed by atoms with Gasteiger partial charge in [0.25, 0.3) is 0 Å². The van der Waals surface area contributed by atoms with Crippen LogP contribution >= 0.6 is 0 Å². The van der Waals surface area contributed by atoms with E-state index in [1.54, 1.807) is 0 Å². The fourth-order valence-electron chi connectivity index (χ4n) is 1.68. The Morgan fingerprint density at radius 2 is 2.24 bits per heavy atom. The molecule has 0 aliphatic heterocycles. The van der Waals surface area contributed by atoms with Crippen LogP contribution < -0.4 is 0 Å². The van der Waals surface area contributed by atoms with Gasteiger partial charge >= 0.3 is 5.95 Å². The second-order valence-corrected chi connectivity index (χ2v) is 3.78. The van der Waals surface area contributed by atoms with Crippen LogP contribution in [0.4, 0.5) is 5.95 Å². The van der Waals surface area contributed by atoms with E-state index >= 15 is 0 Å². The number of nitro groups is 1. The van der Waals surface area contributed by atoms with Crippen LogP contribution in [0.5, 0.6) is 0 Å². The number of aromatic nitrogens is 2. The summed E-state index contributed by atoms with van der Waals surface area (Å²) >= 11 is 0. The lowest BCUT2D eigenvalue weighted by atomic mass is 10.3. The second-order valence-electron chi connectivity index (χ2n) is 3.78. The zero-order valence-corrected chi connectivity index (χ0v) is 10.1. The molecule has 0 amide bonds. The van der Waals surface area contributed by atoms with E-state index in [-0.39, 0.29) is 12.5 Å². The number of imidazole rings is 1. The summed E-state index contributed by atoms with van der Waals surface area (Å²) in [5.41, 5.74) is 0. The third-order valence-electron chi connectivity index (χ3n) is 2.63. The largest absolute Gasteiger partial charge is 0.434 e. The maximum absolute atomic E-state index is 10.6. The summed E-state index contributed by atoms with van der Waals surface area (Å²) in [6, 6.07) is 0. The topological polar surface area (TPSA) is 84.4 Å². The van der Waals surface area contributed by atoms with Crippen molar-refractivity contribution < 1.29 is 10.0 Å². The minimum atomic E-state index is -0.636. The monoisotopic (exact) mass is 242 g/mol. The van der Waals surface area contributed by atoms with Crippen molar-refractivity contribution in [2.75, 3.05) is 19.6 Å². The van der Waals surface area contributed by atoms with Gasteiger partial charge < -0.3 is 20.1 Å². The van der Waals surface area contributed by atoms with E-state index in [0.717, 1.165) is 13.1 Å². The fourth-order valence-corrected chi connectivity index (χ4v) is 1.68. The summed E-state index contributed by atoms with van der Waals surface area (Å²) in [5.74, 6) is -0.233. The van der Waals surface area contributed by atoms with Crippen molar-refractivity contribution in [1.29, 1.82) is 0 Å². The van der Waals surface area contributed by atoms with Crippen molar-refractivity contribution in [3.8, 4) is 0 Å². The Morgan fingerprint density at radius 1 is 1.59 bits per heavy atom. The van der Waals surface area contributed by atoms with E-state index in [9.17, 15) is 15.2 Å². The lowest BCUT2D eigenvalue weighted by Gasteiger charge is -2.21. The lowest BCUT2D eigenvalue weighted by Crippen LogP contribution is -2.34. The molecule has 1 rings (SSSR count). The molecule has 1 atom stereocenters. The van der Waals surface area contributed by atoms with Gasteiger partial charge in [0.1, 0.15) is 12.4 Å². The molecule has 1 aromatic heterocycles. The Bertz CT molecular complexity index is 362. The summed E-state index contributed by atoms with van der Waals surface area (Å²) in [4.78, 5) is 15.8. The highest BCUT2D eigenvalue weighted by molar-refractivity contribution is 5.06. The SMILES string of the molecule is CCN(CC)CC(O)Cn1ccnc1[N+](=O)[O-]. The number of rotatable bonds is 7. The number of hydrogen-bond donors (Lipinski definition) is 1. The maximum atomic E-state index is 10.6. The highest BCUT2D eigenvalue weighted by Crippen LogP contribution is 2.08. The molecule has 0 fully saturated rings. The molecule has 0 saturated heterocycles. The first-order valence-corrected chi connectivity index (χ1v) is 5.64. The van der Waals surface area contributed by atoms with E-state index in [4.69, 9.17) is 0 Å². The highest BCUT2D eigenvalue weighted by atomic mass is 16.6. The molecule has 1 heterocycles. The smallest absolute Gasteiger partial charge is 0.390 e. The van der Waals surface area contributed by atoms with Gasteiger partial charge in [-0.2, -0.15) is 0 Å². The molecule has 0 aliphatic rings. The van der Waals surface area contributed by atoms with Gasteiger partial charge in [0.15, 0.2) is 0 Å². The van der Waals surface area contributed by atoms with Gasteiger partial charge in [0.05, 0.1) is 12.6 Å². The summed E-state index contributed by atoms with van der Waals surface area (Å²) in [7, 11) is 0. The first-order chi connectivity index (χ1) is 8.08. The van der Waals surface area contributed by atoms with Gasteiger partial charge in [-0.25, -0.2) is 4.57 Å². The fraction of sp³-hybridized carbons (Fsp3) is 0.700. The van der Waals surface area contributed by atoms with Crippen LogP contribution in [-0.2, 0) is 6.54 Å². The molecule has 1 unspecified atom stereocenters. The minimum absolute atomic E-state index is 0.187. The molecule has 1 N–H and O–H groups in total. The molecule has 0 aromatic carbocycles. The molecule has 7 heteroatoms. The van der Waals surface area contributed by atoms with E-state index in [0.29, 0.717) is 6.54 Å². The first kappa shape index (κ1) is 13.6. The maximum Gasteiger partial charge on any atom is 0.434 e. The number of aliphatic hydroxyl groups excluding tert-OH is 1. The van der Waals surface area contributed by atoms with Crippen LogP contribution in [0, 0.1) is 10.1 Å². The van der Waals surface area contributed by atoms with Crippen molar-refractivity contribution in [3.05, 3.63) is 22.5 Å². The third-order valence-corrected chi connectivity index (χ3v) is 2.63. The van der Waals surface area contributed by atoms with Crippen LogP contribution in [-0.4, -0.2) is 50.2 Å². The molecule has 1 aromatic rings. The average molecular weight is 242 g/mol. The van der Waals surface area contributed by atoms with Crippen molar-refractivity contribution in [1.82, 2.24) is 14.5 Å². The minimum Gasteiger partial charge on any atom is -0.390 e.